The van der Waals surface area contributed by atoms with Crippen LogP contribution in [0.3, 0.4) is 0 Å². The van der Waals surface area contributed by atoms with Crippen LogP contribution in [0.15, 0.2) is 45.8 Å². The average Bonchev–Trinajstić information content (AvgIpc) is 3.26. The topological polar surface area (TPSA) is 86.8 Å². The third-order valence-electron chi connectivity index (χ3n) is 6.38. The number of sulfonamides is 1. The summed E-state index contributed by atoms with van der Waals surface area (Å²) >= 11 is 9.61. The zero-order valence-electron chi connectivity index (χ0n) is 18.9. The van der Waals surface area contributed by atoms with Gasteiger partial charge in [0.1, 0.15) is 4.90 Å². The summed E-state index contributed by atoms with van der Waals surface area (Å²) in [7, 11) is -3.92. The van der Waals surface area contributed by atoms with Gasteiger partial charge in [0.05, 0.1) is 11.6 Å². The summed E-state index contributed by atoms with van der Waals surface area (Å²) in [6.45, 7) is 2.95. The lowest BCUT2D eigenvalue weighted by atomic mass is 9.99. The van der Waals surface area contributed by atoms with E-state index in [1.165, 1.54) is 4.31 Å². The Balaban J connectivity index is 1.55. The van der Waals surface area contributed by atoms with E-state index in [4.69, 9.17) is 11.6 Å². The van der Waals surface area contributed by atoms with E-state index in [0.717, 1.165) is 11.1 Å². The number of carbonyl (C=O) groups excluding carboxylic acids is 2. The molecular formula is C24H27BrClN3O4S. The molecule has 2 aliphatic heterocycles. The van der Waals surface area contributed by atoms with E-state index in [1.807, 2.05) is 24.3 Å². The summed E-state index contributed by atoms with van der Waals surface area (Å²) in [4.78, 5) is 27.1. The van der Waals surface area contributed by atoms with Gasteiger partial charge in [0.25, 0.3) is 0 Å². The molecule has 0 bridgehead atoms. The molecule has 0 radical (unpaired) electrons. The van der Waals surface area contributed by atoms with Crippen molar-refractivity contribution in [3.8, 4) is 0 Å². The van der Waals surface area contributed by atoms with Gasteiger partial charge in [0.2, 0.25) is 21.8 Å². The molecule has 182 valence electrons. The molecule has 34 heavy (non-hydrogen) atoms. The van der Waals surface area contributed by atoms with Crippen LogP contribution in [0.2, 0.25) is 5.02 Å². The molecule has 2 aliphatic rings. The summed E-state index contributed by atoms with van der Waals surface area (Å²) in [6, 6.07) is 10.7. The largest absolute Gasteiger partial charge is 0.352 e. The average molecular weight is 569 g/mol. The Labute approximate surface area is 213 Å². The van der Waals surface area contributed by atoms with Crippen LogP contribution in [0.4, 0.5) is 5.69 Å². The first-order chi connectivity index (χ1) is 16.2. The highest BCUT2D eigenvalue weighted by Crippen LogP contribution is 2.39. The standard InChI is InChI=1S/C24H27BrClN3O4S/c1-2-22(30)29-11-9-16-12-19(25)13-21(23(16)29)34(32,33)28-10-5-7-18(15-28)24(31)27-14-17-6-3-4-8-20(17)26/h3-4,6,8,12-13,18H,2,5,7,9-11,14-15H2,1H3,(H,27,31)/t18-/m1/s1. The quantitative estimate of drug-likeness (QED) is 0.568. The van der Waals surface area contributed by atoms with Gasteiger partial charge in [0.15, 0.2) is 0 Å². The van der Waals surface area contributed by atoms with Gasteiger partial charge in [-0.1, -0.05) is 52.7 Å². The summed E-state index contributed by atoms with van der Waals surface area (Å²) in [6.07, 6.45) is 2.09. The molecule has 0 aliphatic carbocycles. The number of amides is 2. The van der Waals surface area contributed by atoms with Crippen molar-refractivity contribution in [3.05, 3.63) is 57.0 Å². The number of halogens is 2. The fourth-order valence-electron chi connectivity index (χ4n) is 4.59. The lowest BCUT2D eigenvalue weighted by Gasteiger charge is -2.32. The van der Waals surface area contributed by atoms with Gasteiger partial charge < -0.3 is 10.2 Å². The highest BCUT2D eigenvalue weighted by atomic mass is 79.9. The SMILES string of the molecule is CCC(=O)N1CCc2cc(Br)cc(S(=O)(=O)N3CCC[C@@H](C(=O)NCc4ccccc4Cl)C3)c21. The van der Waals surface area contributed by atoms with Crippen LogP contribution >= 0.6 is 27.5 Å². The first-order valence-corrected chi connectivity index (χ1v) is 14.0. The first kappa shape index (κ1) is 25.2. The third-order valence-corrected chi connectivity index (χ3v) is 9.09. The molecule has 0 aromatic heterocycles. The molecule has 1 saturated heterocycles. The van der Waals surface area contributed by atoms with Gasteiger partial charge in [-0.15, -0.1) is 0 Å². The molecular weight excluding hydrogens is 542 g/mol. The molecule has 0 saturated carbocycles. The maximum absolute atomic E-state index is 13.8. The number of nitrogens with zero attached hydrogens (tertiary/aromatic N) is 2. The molecule has 1 atom stereocenters. The minimum Gasteiger partial charge on any atom is -0.352 e. The van der Waals surface area contributed by atoms with E-state index in [2.05, 4.69) is 21.2 Å². The van der Waals surface area contributed by atoms with Crippen LogP contribution in [0.1, 0.15) is 37.3 Å². The highest BCUT2D eigenvalue weighted by Gasteiger charge is 2.38. The van der Waals surface area contributed by atoms with Crippen LogP contribution in [0.25, 0.3) is 0 Å². The van der Waals surface area contributed by atoms with Gasteiger partial charge in [-0.3, -0.25) is 9.59 Å². The Bertz CT molecular complexity index is 1220. The Morgan fingerprint density at radius 2 is 1.97 bits per heavy atom. The number of anilines is 1. The number of fused-ring (bicyclic) bond motifs is 1. The molecule has 4 rings (SSSR count). The van der Waals surface area contributed by atoms with E-state index in [9.17, 15) is 18.0 Å². The van der Waals surface area contributed by atoms with Crippen molar-refractivity contribution in [3.63, 3.8) is 0 Å². The number of nitrogens with one attached hydrogen (secondary N) is 1. The molecule has 1 N–H and O–H groups in total. The van der Waals surface area contributed by atoms with Crippen molar-refractivity contribution >= 4 is 55.1 Å². The third kappa shape index (κ3) is 5.03. The van der Waals surface area contributed by atoms with Crippen LogP contribution < -0.4 is 10.2 Å². The van der Waals surface area contributed by atoms with Crippen LogP contribution in [-0.2, 0) is 32.6 Å². The van der Waals surface area contributed by atoms with E-state index in [-0.39, 0.29) is 29.8 Å². The minimum atomic E-state index is -3.92. The second-order valence-electron chi connectivity index (χ2n) is 8.57. The van der Waals surface area contributed by atoms with Crippen molar-refractivity contribution < 1.29 is 18.0 Å². The molecule has 2 amide bonds. The van der Waals surface area contributed by atoms with E-state index >= 15 is 0 Å². The fourth-order valence-corrected chi connectivity index (χ4v) is 7.23. The Morgan fingerprint density at radius 1 is 1.21 bits per heavy atom. The Hall–Kier alpha value is -1.94. The fraction of sp³-hybridized carbons (Fsp3) is 0.417. The maximum Gasteiger partial charge on any atom is 0.245 e. The van der Waals surface area contributed by atoms with Crippen LogP contribution in [0, 0.1) is 5.92 Å². The highest BCUT2D eigenvalue weighted by molar-refractivity contribution is 9.10. The van der Waals surface area contributed by atoms with Gasteiger partial charge in [0, 0.05) is 42.1 Å². The zero-order valence-corrected chi connectivity index (χ0v) is 22.0. The predicted octanol–water partition coefficient (Wildman–Crippen LogP) is 4.12. The second kappa shape index (κ2) is 10.4. The monoisotopic (exact) mass is 567 g/mol. The summed E-state index contributed by atoms with van der Waals surface area (Å²) in [5.41, 5.74) is 2.12. The lowest BCUT2D eigenvalue weighted by Crippen LogP contribution is -2.45. The van der Waals surface area contributed by atoms with Crippen molar-refractivity contribution in [1.29, 1.82) is 0 Å². The van der Waals surface area contributed by atoms with Crippen molar-refractivity contribution in [2.45, 2.75) is 44.0 Å². The number of piperidine rings is 1. The molecule has 7 nitrogen and oxygen atoms in total. The van der Waals surface area contributed by atoms with Crippen molar-refractivity contribution in [2.24, 2.45) is 5.92 Å². The number of carbonyl (C=O) groups is 2. The molecule has 2 aromatic carbocycles. The van der Waals surface area contributed by atoms with Crippen molar-refractivity contribution in [1.82, 2.24) is 9.62 Å². The lowest BCUT2D eigenvalue weighted by molar-refractivity contribution is -0.126. The van der Waals surface area contributed by atoms with Crippen molar-refractivity contribution in [2.75, 3.05) is 24.5 Å². The molecule has 2 heterocycles. The Morgan fingerprint density at radius 3 is 2.71 bits per heavy atom. The van der Waals surface area contributed by atoms with Crippen LogP contribution in [-0.4, -0.2) is 44.2 Å². The number of hydrogen-bond acceptors (Lipinski definition) is 4. The molecule has 0 spiro atoms. The minimum absolute atomic E-state index is 0.0969. The van der Waals surface area contributed by atoms with E-state index in [1.54, 1.807) is 24.0 Å². The molecule has 2 aromatic rings. The summed E-state index contributed by atoms with van der Waals surface area (Å²) in [5.74, 6) is -0.755. The van der Waals surface area contributed by atoms with Gasteiger partial charge in [-0.25, -0.2) is 8.42 Å². The number of rotatable bonds is 6. The van der Waals surface area contributed by atoms with Crippen LogP contribution in [0.5, 0.6) is 0 Å². The molecule has 1 fully saturated rings. The van der Waals surface area contributed by atoms with Gasteiger partial charge in [-0.05, 0) is 48.6 Å². The van der Waals surface area contributed by atoms with Gasteiger partial charge in [-0.2, -0.15) is 4.31 Å². The summed E-state index contributed by atoms with van der Waals surface area (Å²) < 4.78 is 29.6. The molecule has 10 heteroatoms. The summed E-state index contributed by atoms with van der Waals surface area (Å²) in [5, 5.41) is 3.47. The number of benzene rings is 2. The van der Waals surface area contributed by atoms with Gasteiger partial charge >= 0.3 is 0 Å². The molecule has 0 unspecified atom stereocenters. The normalized spacial score (nSPS) is 18.6. The zero-order chi connectivity index (χ0) is 24.5. The Kier molecular flexibility index (Phi) is 7.66. The van der Waals surface area contributed by atoms with E-state index in [0.29, 0.717) is 54.0 Å². The second-order valence-corrected chi connectivity index (χ2v) is 11.8. The van der Waals surface area contributed by atoms with E-state index < -0.39 is 15.9 Å². The predicted molar refractivity (Wildman–Crippen MR) is 135 cm³/mol. The number of hydrogen-bond donors (Lipinski definition) is 1. The smallest absolute Gasteiger partial charge is 0.245 e. The maximum atomic E-state index is 13.8. The first-order valence-electron chi connectivity index (χ1n) is 11.4.